The average molecular weight is 305 g/mol. The molecule has 0 saturated carbocycles. The largest absolute Gasteiger partial charge is 0.508 e. The molecule has 0 aliphatic rings. The zero-order valence-electron chi connectivity index (χ0n) is 11.4. The number of thiazole rings is 1. The smallest absolute Gasteiger partial charge is 0.268 e. The van der Waals surface area contributed by atoms with E-state index in [-0.39, 0.29) is 17.4 Å². The van der Waals surface area contributed by atoms with Crippen molar-refractivity contribution in [3.63, 3.8) is 0 Å². The van der Waals surface area contributed by atoms with Crippen molar-refractivity contribution in [2.45, 2.75) is 12.3 Å². The Morgan fingerprint density at radius 1 is 1.38 bits per heavy atom. The van der Waals surface area contributed by atoms with Gasteiger partial charge in [0.05, 0.1) is 5.92 Å². The third-order valence-corrected chi connectivity index (χ3v) is 3.97. The van der Waals surface area contributed by atoms with Crippen molar-refractivity contribution in [1.82, 2.24) is 10.3 Å². The highest BCUT2D eigenvalue weighted by Crippen LogP contribution is 2.25. The van der Waals surface area contributed by atoms with E-state index < -0.39 is 11.8 Å². The van der Waals surface area contributed by atoms with Gasteiger partial charge in [0.2, 0.25) is 5.91 Å². The molecular formula is C14H15N3O3S. The number of rotatable bonds is 5. The van der Waals surface area contributed by atoms with Gasteiger partial charge >= 0.3 is 0 Å². The minimum atomic E-state index is -0.613. The topological polar surface area (TPSA) is 105 Å². The van der Waals surface area contributed by atoms with Crippen LogP contribution in [0.3, 0.4) is 0 Å². The summed E-state index contributed by atoms with van der Waals surface area (Å²) < 4.78 is 0. The van der Waals surface area contributed by atoms with Crippen LogP contribution < -0.4 is 11.1 Å². The van der Waals surface area contributed by atoms with Crippen LogP contribution >= 0.6 is 11.3 Å². The summed E-state index contributed by atoms with van der Waals surface area (Å²) >= 11 is 1.23. The molecular weight excluding hydrogens is 290 g/mol. The highest BCUT2D eigenvalue weighted by Gasteiger charge is 2.24. The van der Waals surface area contributed by atoms with E-state index in [0.29, 0.717) is 11.4 Å². The number of nitrogens with two attached hydrogens (primary N) is 1. The first-order chi connectivity index (χ1) is 10.0. The van der Waals surface area contributed by atoms with E-state index in [1.807, 2.05) is 0 Å². The lowest BCUT2D eigenvalue weighted by molar-refractivity contribution is -0.122. The van der Waals surface area contributed by atoms with Gasteiger partial charge in [0.1, 0.15) is 16.5 Å². The van der Waals surface area contributed by atoms with Gasteiger partial charge < -0.3 is 16.2 Å². The number of phenolic OH excluding ortho intramolecular Hbond substituents is 1. The molecule has 0 unspecified atom stereocenters. The Bertz CT molecular complexity index is 652. The Morgan fingerprint density at radius 2 is 2.05 bits per heavy atom. The summed E-state index contributed by atoms with van der Waals surface area (Å²) in [5.74, 6) is -1.13. The molecule has 6 nitrogen and oxygen atoms in total. The molecule has 2 amide bonds. The lowest BCUT2D eigenvalue weighted by Gasteiger charge is -2.13. The van der Waals surface area contributed by atoms with Crippen molar-refractivity contribution in [3.05, 3.63) is 45.9 Å². The molecule has 110 valence electrons. The van der Waals surface area contributed by atoms with Crippen molar-refractivity contribution in [2.24, 2.45) is 5.73 Å². The van der Waals surface area contributed by atoms with Crippen molar-refractivity contribution < 1.29 is 14.7 Å². The Hall–Kier alpha value is -2.41. The Kier molecular flexibility index (Phi) is 4.54. The van der Waals surface area contributed by atoms with E-state index in [1.54, 1.807) is 36.7 Å². The summed E-state index contributed by atoms with van der Waals surface area (Å²) in [6.07, 6.45) is 0.422. The van der Waals surface area contributed by atoms with Crippen molar-refractivity contribution in [3.8, 4) is 5.75 Å². The van der Waals surface area contributed by atoms with Gasteiger partial charge in [0, 0.05) is 12.4 Å². The molecule has 4 N–H and O–H groups in total. The van der Waals surface area contributed by atoms with Gasteiger partial charge in [-0.05, 0) is 24.1 Å². The van der Waals surface area contributed by atoms with Crippen LogP contribution in [-0.4, -0.2) is 29.0 Å². The molecule has 2 rings (SSSR count). The number of carbonyl (C=O) groups excluding carboxylic acids is 2. The van der Waals surface area contributed by atoms with E-state index in [9.17, 15) is 14.7 Å². The maximum absolute atomic E-state index is 12.1. The summed E-state index contributed by atoms with van der Waals surface area (Å²) in [4.78, 5) is 27.3. The van der Waals surface area contributed by atoms with E-state index in [2.05, 4.69) is 10.3 Å². The first kappa shape index (κ1) is 15.0. The predicted octanol–water partition coefficient (Wildman–Crippen LogP) is 1.02. The summed E-state index contributed by atoms with van der Waals surface area (Å²) in [6, 6.07) is 6.61. The van der Waals surface area contributed by atoms with Crippen LogP contribution in [0.15, 0.2) is 29.6 Å². The molecule has 0 spiro atoms. The van der Waals surface area contributed by atoms with Gasteiger partial charge in [-0.25, -0.2) is 4.98 Å². The number of carbonyl (C=O) groups is 2. The second kappa shape index (κ2) is 6.36. The number of primary amides is 1. The van der Waals surface area contributed by atoms with Crippen LogP contribution in [0.5, 0.6) is 5.75 Å². The zero-order chi connectivity index (χ0) is 15.4. The predicted molar refractivity (Wildman–Crippen MR) is 79.3 cm³/mol. The first-order valence-electron chi connectivity index (χ1n) is 6.26. The number of benzene rings is 1. The maximum atomic E-state index is 12.1. The quantitative estimate of drug-likeness (QED) is 0.767. The second-order valence-electron chi connectivity index (χ2n) is 4.47. The van der Waals surface area contributed by atoms with E-state index in [0.717, 1.165) is 5.56 Å². The van der Waals surface area contributed by atoms with Crippen molar-refractivity contribution in [2.75, 3.05) is 7.05 Å². The van der Waals surface area contributed by atoms with Crippen LogP contribution in [0.1, 0.15) is 27.0 Å². The van der Waals surface area contributed by atoms with Gasteiger partial charge in [0.25, 0.3) is 5.91 Å². The molecule has 0 aliphatic carbocycles. The highest BCUT2D eigenvalue weighted by molar-refractivity contribution is 7.10. The minimum absolute atomic E-state index is 0.162. The number of amides is 2. The number of aromatic nitrogens is 1. The lowest BCUT2D eigenvalue weighted by atomic mass is 9.99. The minimum Gasteiger partial charge on any atom is -0.508 e. The highest BCUT2D eigenvalue weighted by atomic mass is 32.1. The third kappa shape index (κ3) is 3.57. The Labute approximate surface area is 125 Å². The molecule has 1 atom stereocenters. The summed E-state index contributed by atoms with van der Waals surface area (Å²) in [5.41, 5.74) is 6.23. The molecule has 0 saturated heterocycles. The zero-order valence-corrected chi connectivity index (χ0v) is 12.2. The Morgan fingerprint density at radius 3 is 2.57 bits per heavy atom. The Balaban J connectivity index is 2.27. The van der Waals surface area contributed by atoms with Crippen LogP contribution in [0.25, 0.3) is 0 Å². The van der Waals surface area contributed by atoms with Crippen LogP contribution in [-0.2, 0) is 11.2 Å². The molecule has 0 radical (unpaired) electrons. The molecule has 0 fully saturated rings. The monoisotopic (exact) mass is 305 g/mol. The maximum Gasteiger partial charge on any atom is 0.268 e. The van der Waals surface area contributed by atoms with Gasteiger partial charge in [-0.15, -0.1) is 11.3 Å². The number of aromatic hydroxyl groups is 1. The van der Waals surface area contributed by atoms with Gasteiger partial charge in [-0.3, -0.25) is 9.59 Å². The van der Waals surface area contributed by atoms with Gasteiger partial charge in [-0.1, -0.05) is 12.1 Å². The third-order valence-electron chi connectivity index (χ3n) is 3.01. The van der Waals surface area contributed by atoms with E-state index >= 15 is 0 Å². The van der Waals surface area contributed by atoms with Crippen LogP contribution in [0.2, 0.25) is 0 Å². The molecule has 0 aliphatic heterocycles. The van der Waals surface area contributed by atoms with Crippen LogP contribution in [0, 0.1) is 0 Å². The van der Waals surface area contributed by atoms with Gasteiger partial charge in [-0.2, -0.15) is 0 Å². The first-order valence-corrected chi connectivity index (χ1v) is 7.14. The number of nitrogens with one attached hydrogen (secondary N) is 1. The fraction of sp³-hybridized carbons (Fsp3) is 0.214. The van der Waals surface area contributed by atoms with E-state index in [1.165, 1.54) is 11.3 Å². The molecule has 21 heavy (non-hydrogen) atoms. The molecule has 1 aromatic carbocycles. The summed E-state index contributed by atoms with van der Waals surface area (Å²) in [5, 5.41) is 14.0. The normalized spacial score (nSPS) is 11.9. The van der Waals surface area contributed by atoms with Crippen molar-refractivity contribution in [1.29, 1.82) is 0 Å². The summed E-state index contributed by atoms with van der Waals surface area (Å²) in [6.45, 7) is 0. The number of hydrogen-bond donors (Lipinski definition) is 3. The average Bonchev–Trinajstić information content (AvgIpc) is 2.95. The molecule has 1 aromatic heterocycles. The molecule has 0 bridgehead atoms. The molecule has 2 aromatic rings. The lowest BCUT2D eigenvalue weighted by Crippen LogP contribution is -2.27. The number of hydrogen-bond acceptors (Lipinski definition) is 5. The van der Waals surface area contributed by atoms with Crippen LogP contribution in [0.4, 0.5) is 0 Å². The molecule has 7 heteroatoms. The number of phenols is 1. The van der Waals surface area contributed by atoms with Crippen molar-refractivity contribution >= 4 is 23.2 Å². The van der Waals surface area contributed by atoms with Gasteiger partial charge in [0.15, 0.2) is 0 Å². The SMILES string of the molecule is CNC(=O)[C@H](Cc1ccc(O)cc1)c1nc(C(N)=O)cs1. The number of nitrogens with zero attached hydrogens (tertiary/aromatic N) is 1. The fourth-order valence-corrected chi connectivity index (χ4v) is 2.80. The fourth-order valence-electron chi connectivity index (χ4n) is 1.89. The second-order valence-corrected chi connectivity index (χ2v) is 5.36. The van der Waals surface area contributed by atoms with E-state index in [4.69, 9.17) is 5.73 Å². The summed E-state index contributed by atoms with van der Waals surface area (Å²) in [7, 11) is 1.55. The number of likely N-dealkylation sites (N-methyl/N-ethyl adjacent to an activating group) is 1. The standard InChI is InChI=1S/C14H15N3O3S/c1-16-13(20)10(6-8-2-4-9(18)5-3-8)14-17-11(7-21-14)12(15)19/h2-5,7,10,18H,6H2,1H3,(H2,15,19)(H,16,20)/t10-/m0/s1. The molecule has 1 heterocycles.